The molecule has 0 radical (unpaired) electrons. The van der Waals surface area contributed by atoms with Gasteiger partial charge in [-0.25, -0.2) is 8.42 Å². The molecule has 0 saturated carbocycles. The lowest BCUT2D eigenvalue weighted by atomic mass is 9.67. The Morgan fingerprint density at radius 3 is 0.682 bits per heavy atom. The molecule has 6 heterocycles. The lowest BCUT2D eigenvalue weighted by molar-refractivity contribution is -0.173. The Morgan fingerprint density at radius 1 is 0.243 bits per heavy atom. The molecular weight excluding hydrogens is 2250 g/mol. The predicted octanol–water partition coefficient (Wildman–Crippen LogP) is 21.4. The van der Waals surface area contributed by atoms with E-state index < -0.39 is 74.1 Å². The van der Waals surface area contributed by atoms with Crippen LogP contribution in [0.15, 0.2) is 168 Å². The number of alkyl halides is 3. The maximum atomic E-state index is 15.0. The lowest BCUT2D eigenvalue weighted by Crippen LogP contribution is -2.41. The normalized spacial score (nSPS) is 14.9. The van der Waals surface area contributed by atoms with Crippen LogP contribution in [0, 0.1) is 0 Å². The maximum Gasteiger partial charge on any atom is 0.402 e. The Labute approximate surface area is 949 Å². The summed E-state index contributed by atoms with van der Waals surface area (Å²) in [4.78, 5) is 167. The van der Waals surface area contributed by atoms with E-state index in [4.69, 9.17) is 0 Å². The molecule has 8 aromatic rings. The van der Waals surface area contributed by atoms with Crippen LogP contribution >= 0.6 is 217 Å². The number of benzene rings is 8. The van der Waals surface area contributed by atoms with Crippen molar-refractivity contribution in [1.29, 1.82) is 0 Å². The van der Waals surface area contributed by atoms with E-state index in [1.807, 2.05) is 143 Å². The first-order valence-corrected chi connectivity index (χ1v) is 67.9. The molecule has 6 aliphatic heterocycles. The summed E-state index contributed by atoms with van der Waals surface area (Å²) in [6, 6.07) is 43.0. The molecule has 0 N–H and O–H groups in total. The molecule has 0 bridgehead atoms. The number of carbonyl (C=O) groups excluding carboxylic acids is 12. The number of sulfone groups is 1. The van der Waals surface area contributed by atoms with Gasteiger partial charge in [-0.05, 0) is 244 Å². The van der Waals surface area contributed by atoms with Gasteiger partial charge in [0.25, 0.3) is 70.9 Å². The number of amides is 12. The Hall–Kier alpha value is -5.36. The van der Waals surface area contributed by atoms with Gasteiger partial charge >= 0.3 is 6.18 Å². The highest BCUT2D eigenvalue weighted by molar-refractivity contribution is 8.05. The van der Waals surface area contributed by atoms with Crippen LogP contribution in [-0.2, 0) is 20.7 Å². The highest BCUT2D eigenvalue weighted by Crippen LogP contribution is 2.57. The maximum absolute atomic E-state index is 15.0. The van der Waals surface area contributed by atoms with Crippen molar-refractivity contribution in [3.05, 3.63) is 258 Å². The standard InChI is InChI=1S/C43H44N2O4S6.C33H39F3N2O4S6.C30H36N2O6S7/c46-39-33-13-11-29(27-35(33)41(48)44(39)15-5-19-52-23-25-54-21-17-50)43(37-9-3-1-7-31(37)32-8-2-4-10-38(32)43)30-12-14-34-36(28-30)42(49)45(40(34)47)16-6-20-53-24-26-55-22-18-51;1-32(33(34,35)36,22-4-6-24-26(20-22)30(41)37(28(24)39)8-2-12-45-16-18-47-14-10-43)23-5-7-25-27(21-23)31(42)38(29(25)40)9-3-13-46-17-19-48-15-11-44;33-27-23-5-3-21(19-25(23)29(35)31(27)7-1-11-41-15-17-43-13-9-39)45(37,38)22-4-6-24-26(20-22)30(36)32(28(24)34)8-2-12-42-16-18-44-14-10-40/h1-4,7-14,27-28,50-51H,5-6,15-26H2;4-7,20-21,43-44H,2-3,8-19H2,1H3;3-6,19-20,39-40H,1-2,7-18H2. The molecule has 0 unspecified atom stereocenters. The largest absolute Gasteiger partial charge is 0.402 e. The SMILES string of the molecule is CC(c1ccc2c(c1)C(=O)N(CCCSCCSCCS)C2=O)(c1ccc2c(c1)C(=O)N(CCCSCCSCCS)C2=O)C(F)(F)F.O=C1c2ccc(C3(c4ccc5c(c4)C(=O)N(CCCSCCSCCS)C5=O)c4ccccc4-c4ccccc43)cc2C(=O)N1CCCSCCSCCS.O=C1c2ccc(S(=O)(=O)c3ccc4c(c3)C(=O)N(CCCSCCSCCS)C4=O)cc2C(=O)N1CCCSCCSCCS. The first kappa shape index (κ1) is 120. The number of hydrogen-bond acceptors (Lipinski definition) is 32. The molecule has 0 spiro atoms. The molecule has 42 heteroatoms. The summed E-state index contributed by atoms with van der Waals surface area (Å²) >= 11 is 47.1. The number of fused-ring (bicyclic) bond motifs is 9. The minimum atomic E-state index is -4.84. The molecule has 792 valence electrons. The number of imide groups is 6. The summed E-state index contributed by atoms with van der Waals surface area (Å²) in [7, 11) is -4.15. The second-order valence-electron chi connectivity index (χ2n) is 34.8. The number of thioether (sulfide) groups is 12. The summed E-state index contributed by atoms with van der Waals surface area (Å²) in [5.41, 5.74) is 3.92. The zero-order valence-electron chi connectivity index (χ0n) is 81.7. The topological polar surface area (TPSA) is 258 Å². The quantitative estimate of drug-likeness (QED) is 0.0118. The molecule has 0 atom stereocenters. The van der Waals surface area contributed by atoms with E-state index in [9.17, 15) is 66.0 Å². The second kappa shape index (κ2) is 58.6. The fourth-order valence-corrected chi connectivity index (χ4v) is 32.8. The molecule has 7 aliphatic rings. The van der Waals surface area contributed by atoms with E-state index in [1.54, 1.807) is 59.2 Å². The van der Waals surface area contributed by atoms with Crippen molar-refractivity contribution in [2.45, 2.75) is 72.2 Å². The summed E-state index contributed by atoms with van der Waals surface area (Å²) in [5, 5.41) is 0. The molecule has 20 nitrogen and oxygen atoms in total. The summed E-state index contributed by atoms with van der Waals surface area (Å²) < 4.78 is 72.3. The van der Waals surface area contributed by atoms with Crippen LogP contribution in [0.5, 0.6) is 0 Å². The van der Waals surface area contributed by atoms with Crippen LogP contribution in [-0.4, -0.2) is 327 Å². The van der Waals surface area contributed by atoms with Gasteiger partial charge in [0.15, 0.2) is 0 Å². The van der Waals surface area contributed by atoms with E-state index in [-0.39, 0.29) is 115 Å². The first-order chi connectivity index (χ1) is 71.6. The van der Waals surface area contributed by atoms with E-state index in [0.717, 1.165) is 248 Å². The third-order valence-corrected chi connectivity index (χ3v) is 44.4. The third-order valence-electron chi connectivity index (χ3n) is 25.6. The van der Waals surface area contributed by atoms with Gasteiger partial charge in [-0.1, -0.05) is 72.8 Å². The number of hydrogen-bond donors (Lipinski definition) is 6. The van der Waals surface area contributed by atoms with Gasteiger partial charge in [0.1, 0.15) is 5.41 Å². The smallest absolute Gasteiger partial charge is 0.274 e. The Kier molecular flexibility index (Phi) is 47.4. The van der Waals surface area contributed by atoms with Crippen molar-refractivity contribution in [3.63, 3.8) is 0 Å². The Bertz CT molecular complexity index is 5910. The molecule has 0 aromatic heterocycles. The minimum absolute atomic E-state index is 0.0497. The van der Waals surface area contributed by atoms with Gasteiger partial charge in [0.2, 0.25) is 9.84 Å². The highest BCUT2D eigenvalue weighted by atomic mass is 32.2. The fraction of sp³-hybridized carbons (Fsp3) is 0.434. The van der Waals surface area contributed by atoms with Crippen LogP contribution in [0.1, 0.15) is 203 Å². The van der Waals surface area contributed by atoms with E-state index in [1.165, 1.54) is 80.3 Å². The number of nitrogens with zero attached hydrogens (tertiary/aromatic N) is 6. The summed E-state index contributed by atoms with van der Waals surface area (Å²) in [6.45, 7) is 2.63. The Balaban J connectivity index is 0.000000187. The number of thiol groups is 6. The average Bonchev–Trinajstić information content (AvgIpc) is 1.53. The zero-order chi connectivity index (χ0) is 106. The molecule has 148 heavy (non-hydrogen) atoms. The number of halogens is 3. The first-order valence-electron chi connectivity index (χ1n) is 48.7. The van der Waals surface area contributed by atoms with Gasteiger partial charge in [0, 0.05) is 143 Å². The molecule has 8 aromatic carbocycles. The van der Waals surface area contributed by atoms with E-state index in [2.05, 4.69) is 100 Å². The number of carbonyl (C=O) groups is 12. The molecule has 1 aliphatic carbocycles. The van der Waals surface area contributed by atoms with Crippen molar-refractivity contribution in [1.82, 2.24) is 29.4 Å². The average molecular weight is 2370 g/mol. The van der Waals surface area contributed by atoms with Gasteiger partial charge in [0.05, 0.1) is 82.0 Å². The number of rotatable bonds is 60. The van der Waals surface area contributed by atoms with Crippen molar-refractivity contribution < 1.29 is 79.1 Å². The molecular formula is C106H119F3N6O14S19. The fourth-order valence-electron chi connectivity index (χ4n) is 18.3. The second-order valence-corrected chi connectivity index (χ2v) is 54.1. The molecule has 15 rings (SSSR count). The van der Waals surface area contributed by atoms with E-state index in [0.29, 0.717) is 61.0 Å². The van der Waals surface area contributed by atoms with Crippen molar-refractivity contribution in [2.75, 3.05) is 212 Å². The minimum Gasteiger partial charge on any atom is -0.274 e. The third kappa shape index (κ3) is 28.2. The molecule has 0 saturated heterocycles. The molecule has 0 fully saturated rings. The van der Waals surface area contributed by atoms with Crippen LogP contribution in [0.25, 0.3) is 11.1 Å². The van der Waals surface area contributed by atoms with Crippen LogP contribution in [0.4, 0.5) is 13.2 Å². The highest BCUT2D eigenvalue weighted by Gasteiger charge is 2.56. The van der Waals surface area contributed by atoms with Crippen molar-refractivity contribution in [2.24, 2.45) is 0 Å². The molecule has 12 amide bonds. The van der Waals surface area contributed by atoms with E-state index >= 15 is 13.2 Å². The van der Waals surface area contributed by atoms with Crippen molar-refractivity contribution >= 4 is 298 Å². The van der Waals surface area contributed by atoms with Crippen LogP contribution < -0.4 is 0 Å². The van der Waals surface area contributed by atoms with Gasteiger partial charge in [-0.2, -0.15) is 230 Å². The van der Waals surface area contributed by atoms with Crippen molar-refractivity contribution in [3.8, 4) is 11.1 Å². The van der Waals surface area contributed by atoms with Gasteiger partial charge in [-0.3, -0.25) is 86.9 Å². The van der Waals surface area contributed by atoms with Crippen LogP contribution in [0.2, 0.25) is 0 Å². The summed E-state index contributed by atoms with van der Waals surface area (Å²) in [6.07, 6.45) is -0.922. The van der Waals surface area contributed by atoms with Gasteiger partial charge in [-0.15, -0.1) is 0 Å². The monoisotopic (exact) mass is 2360 g/mol. The summed E-state index contributed by atoms with van der Waals surface area (Å²) in [5.74, 6) is 22.9. The zero-order valence-corrected chi connectivity index (χ0v) is 97.7. The predicted molar refractivity (Wildman–Crippen MR) is 638 cm³/mol. The Morgan fingerprint density at radius 2 is 0.446 bits per heavy atom. The van der Waals surface area contributed by atoms with Gasteiger partial charge < -0.3 is 0 Å². The lowest BCUT2D eigenvalue weighted by Gasteiger charge is -2.34. The van der Waals surface area contributed by atoms with Crippen LogP contribution in [0.3, 0.4) is 0 Å².